The van der Waals surface area contributed by atoms with Gasteiger partial charge in [0.05, 0.1) is 0 Å². The fourth-order valence-corrected chi connectivity index (χ4v) is 2.53. The number of rotatable bonds is 5. The lowest BCUT2D eigenvalue weighted by molar-refractivity contribution is 0.103. The summed E-state index contributed by atoms with van der Waals surface area (Å²) in [6, 6.07) is 0.363. The summed E-state index contributed by atoms with van der Waals surface area (Å²) in [5, 5.41) is 0. The average Bonchev–Trinajstić information content (AvgIpc) is 2.20. The number of nitrogens with two attached hydrogens (primary N) is 1. The van der Waals surface area contributed by atoms with Crippen molar-refractivity contribution in [1.29, 1.82) is 0 Å². The van der Waals surface area contributed by atoms with Crippen LogP contribution in [0.2, 0.25) is 0 Å². The molecule has 1 heterocycles. The second-order valence-electron chi connectivity index (χ2n) is 6.12. The highest BCUT2D eigenvalue weighted by Gasteiger charge is 2.25. The largest absolute Gasteiger partial charge is 0.328 e. The van der Waals surface area contributed by atoms with Gasteiger partial charge in [-0.2, -0.15) is 0 Å². The monoisotopic (exact) mass is 263 g/mol. The fraction of sp³-hybridized carbons (Fsp3) is 1.00. The highest BCUT2D eigenvalue weighted by Crippen LogP contribution is 2.24. The molecule has 0 spiro atoms. The van der Waals surface area contributed by atoms with E-state index >= 15 is 0 Å². The van der Waals surface area contributed by atoms with Crippen molar-refractivity contribution in [2.45, 2.75) is 39.7 Å². The first-order chi connectivity index (χ1) is 7.43. The Hall–Kier alpha value is 0.170. The third kappa shape index (κ3) is 6.61. The third-order valence-corrected chi connectivity index (χ3v) is 3.59. The van der Waals surface area contributed by atoms with Crippen molar-refractivity contribution >= 4 is 12.4 Å². The smallest absolute Gasteiger partial charge is 0.0110 e. The number of nitrogens with zero attached hydrogens (tertiary/aromatic N) is 2. The molecule has 0 aromatic carbocycles. The number of hydrogen-bond donors (Lipinski definition) is 1. The molecule has 0 amide bonds. The minimum atomic E-state index is 0. The fourth-order valence-electron chi connectivity index (χ4n) is 2.53. The second-order valence-corrected chi connectivity index (χ2v) is 6.12. The third-order valence-electron chi connectivity index (χ3n) is 3.59. The molecular weight excluding hydrogens is 234 g/mol. The normalized spacial score (nSPS) is 21.0. The topological polar surface area (TPSA) is 32.5 Å². The first-order valence-electron chi connectivity index (χ1n) is 6.59. The van der Waals surface area contributed by atoms with Gasteiger partial charge in [-0.3, -0.25) is 0 Å². The molecule has 0 bridgehead atoms. The zero-order valence-corrected chi connectivity index (χ0v) is 12.7. The maximum Gasteiger partial charge on any atom is 0.0110 e. The van der Waals surface area contributed by atoms with E-state index in [1.54, 1.807) is 0 Å². The maximum absolute atomic E-state index is 6.06. The molecule has 0 saturated carbocycles. The highest BCUT2D eigenvalue weighted by atomic mass is 35.5. The Morgan fingerprint density at radius 1 is 1.18 bits per heavy atom. The molecule has 3 nitrogen and oxygen atoms in total. The molecule has 1 rings (SSSR count). The van der Waals surface area contributed by atoms with Gasteiger partial charge in [0.1, 0.15) is 0 Å². The van der Waals surface area contributed by atoms with Gasteiger partial charge < -0.3 is 15.5 Å². The lowest BCUT2D eigenvalue weighted by atomic mass is 9.84. The molecular formula is C13H30ClN3. The Labute approximate surface area is 113 Å². The van der Waals surface area contributed by atoms with Gasteiger partial charge in [0, 0.05) is 38.8 Å². The van der Waals surface area contributed by atoms with Crippen LogP contribution in [0.5, 0.6) is 0 Å². The minimum Gasteiger partial charge on any atom is -0.328 e. The van der Waals surface area contributed by atoms with Crippen molar-refractivity contribution in [2.24, 2.45) is 11.1 Å². The number of likely N-dealkylation sites (N-methyl/N-ethyl adjacent to an activating group) is 1. The van der Waals surface area contributed by atoms with Crippen LogP contribution in [0.4, 0.5) is 0 Å². The van der Waals surface area contributed by atoms with Crippen LogP contribution in [0.3, 0.4) is 0 Å². The Kier molecular flexibility index (Phi) is 7.65. The van der Waals surface area contributed by atoms with E-state index in [1.807, 2.05) is 0 Å². The predicted molar refractivity (Wildman–Crippen MR) is 77.8 cm³/mol. The van der Waals surface area contributed by atoms with E-state index in [0.29, 0.717) is 11.5 Å². The summed E-state index contributed by atoms with van der Waals surface area (Å²) < 4.78 is 0. The molecule has 0 aromatic rings. The Morgan fingerprint density at radius 2 is 1.71 bits per heavy atom. The van der Waals surface area contributed by atoms with Crippen LogP contribution in [0.1, 0.15) is 33.6 Å². The van der Waals surface area contributed by atoms with Crippen LogP contribution in [0, 0.1) is 5.41 Å². The van der Waals surface area contributed by atoms with Crippen molar-refractivity contribution in [3.63, 3.8) is 0 Å². The van der Waals surface area contributed by atoms with Crippen molar-refractivity contribution in [1.82, 2.24) is 9.80 Å². The van der Waals surface area contributed by atoms with E-state index < -0.39 is 0 Å². The van der Waals surface area contributed by atoms with Gasteiger partial charge in [0.2, 0.25) is 0 Å². The molecule has 0 radical (unpaired) electrons. The van der Waals surface area contributed by atoms with Crippen molar-refractivity contribution in [2.75, 3.05) is 39.8 Å². The van der Waals surface area contributed by atoms with E-state index in [0.717, 1.165) is 12.8 Å². The van der Waals surface area contributed by atoms with E-state index in [1.165, 1.54) is 32.7 Å². The molecule has 1 saturated heterocycles. The van der Waals surface area contributed by atoms with Crippen molar-refractivity contribution in [3.8, 4) is 0 Å². The Balaban J connectivity index is 0.00000256. The summed E-state index contributed by atoms with van der Waals surface area (Å²) in [7, 11) is 2.20. The second kappa shape index (κ2) is 7.57. The van der Waals surface area contributed by atoms with Crippen molar-refractivity contribution < 1.29 is 0 Å². The Morgan fingerprint density at radius 3 is 2.18 bits per heavy atom. The van der Waals surface area contributed by atoms with Gasteiger partial charge in [-0.05, 0) is 25.3 Å². The summed E-state index contributed by atoms with van der Waals surface area (Å²) in [6.07, 6.45) is 2.22. The van der Waals surface area contributed by atoms with Gasteiger partial charge >= 0.3 is 0 Å². The van der Waals surface area contributed by atoms with E-state index in [9.17, 15) is 0 Å². The zero-order chi connectivity index (χ0) is 12.2. The molecule has 0 aliphatic carbocycles. The molecule has 2 N–H and O–H groups in total. The summed E-state index contributed by atoms with van der Waals surface area (Å²) in [4.78, 5) is 4.99. The summed E-state index contributed by atoms with van der Waals surface area (Å²) in [5.74, 6) is 0. The molecule has 1 atom stereocenters. The maximum atomic E-state index is 6.06. The minimum absolute atomic E-state index is 0. The molecule has 17 heavy (non-hydrogen) atoms. The van der Waals surface area contributed by atoms with Gasteiger partial charge in [-0.25, -0.2) is 0 Å². The van der Waals surface area contributed by atoms with Crippen LogP contribution < -0.4 is 5.73 Å². The zero-order valence-electron chi connectivity index (χ0n) is 11.9. The SMILES string of the molecule is CCC(N)CC(C)(C)CN1CCN(C)CC1.Cl. The summed E-state index contributed by atoms with van der Waals surface area (Å²) >= 11 is 0. The Bertz CT molecular complexity index is 201. The van der Waals surface area contributed by atoms with E-state index in [-0.39, 0.29) is 12.4 Å². The van der Waals surface area contributed by atoms with Crippen LogP contribution in [-0.4, -0.2) is 55.6 Å². The van der Waals surface area contributed by atoms with E-state index in [4.69, 9.17) is 5.73 Å². The predicted octanol–water partition coefficient (Wildman–Crippen LogP) is 1.81. The first kappa shape index (κ1) is 17.2. The molecule has 1 aliphatic heterocycles. The van der Waals surface area contributed by atoms with Gasteiger partial charge in [0.25, 0.3) is 0 Å². The molecule has 0 aromatic heterocycles. The van der Waals surface area contributed by atoms with Gasteiger partial charge in [0.15, 0.2) is 0 Å². The lowest BCUT2D eigenvalue weighted by Crippen LogP contribution is -2.48. The lowest BCUT2D eigenvalue weighted by Gasteiger charge is -2.38. The summed E-state index contributed by atoms with van der Waals surface area (Å²) in [5.41, 5.74) is 6.41. The molecule has 4 heteroatoms. The number of halogens is 1. The van der Waals surface area contributed by atoms with Crippen LogP contribution in [0.25, 0.3) is 0 Å². The molecule has 104 valence electrons. The molecule has 1 unspecified atom stereocenters. The highest BCUT2D eigenvalue weighted by molar-refractivity contribution is 5.85. The molecule has 1 aliphatic rings. The standard InChI is InChI=1S/C13H29N3.ClH/c1-5-12(14)10-13(2,3)11-16-8-6-15(4)7-9-16;/h12H,5-11,14H2,1-4H3;1H. The van der Waals surface area contributed by atoms with Crippen molar-refractivity contribution in [3.05, 3.63) is 0 Å². The van der Waals surface area contributed by atoms with Crippen LogP contribution in [-0.2, 0) is 0 Å². The van der Waals surface area contributed by atoms with Crippen LogP contribution >= 0.6 is 12.4 Å². The quantitative estimate of drug-likeness (QED) is 0.821. The average molecular weight is 264 g/mol. The summed E-state index contributed by atoms with van der Waals surface area (Å²) in [6.45, 7) is 12.9. The van der Waals surface area contributed by atoms with Gasteiger partial charge in [-0.1, -0.05) is 20.8 Å². The van der Waals surface area contributed by atoms with E-state index in [2.05, 4.69) is 37.6 Å². The van der Waals surface area contributed by atoms with Gasteiger partial charge in [-0.15, -0.1) is 12.4 Å². The first-order valence-corrected chi connectivity index (χ1v) is 6.59. The number of piperazine rings is 1. The molecule has 1 fully saturated rings. The van der Waals surface area contributed by atoms with Crippen LogP contribution in [0.15, 0.2) is 0 Å². The number of hydrogen-bond acceptors (Lipinski definition) is 3.